The fourth-order valence-electron chi connectivity index (χ4n) is 3.26. The minimum atomic E-state index is -0.567. The average molecular weight is 407 g/mol. The minimum absolute atomic E-state index is 0.0364. The number of hydrogen-bond acceptors (Lipinski definition) is 5. The van der Waals surface area contributed by atoms with Crippen LogP contribution < -0.4 is 5.56 Å². The van der Waals surface area contributed by atoms with Crippen LogP contribution in [0.3, 0.4) is 0 Å². The first kappa shape index (κ1) is 21.2. The number of aryl methyl sites for hydroxylation is 1. The highest BCUT2D eigenvalue weighted by molar-refractivity contribution is 5.87. The molecule has 3 aromatic rings. The second-order valence-electron chi connectivity index (χ2n) is 7.36. The quantitative estimate of drug-likeness (QED) is 0.562. The maximum absolute atomic E-state index is 12.6. The highest BCUT2D eigenvalue weighted by atomic mass is 16.5. The van der Waals surface area contributed by atoms with Crippen LogP contribution in [0, 0.1) is 0 Å². The number of nitrogens with zero attached hydrogens (tertiary/aromatic N) is 3. The Morgan fingerprint density at radius 2 is 1.67 bits per heavy atom. The molecule has 0 aliphatic carbocycles. The molecule has 3 rings (SSSR count). The van der Waals surface area contributed by atoms with E-state index in [0.29, 0.717) is 23.0 Å². The van der Waals surface area contributed by atoms with E-state index in [2.05, 4.69) is 5.10 Å². The van der Waals surface area contributed by atoms with Gasteiger partial charge in [-0.25, -0.2) is 4.68 Å². The molecule has 0 aliphatic rings. The summed E-state index contributed by atoms with van der Waals surface area (Å²) in [6, 6.07) is 16.6. The Labute approximate surface area is 174 Å². The van der Waals surface area contributed by atoms with Crippen molar-refractivity contribution in [3.8, 4) is 0 Å². The average Bonchev–Trinajstić information content (AvgIpc) is 2.74. The van der Waals surface area contributed by atoms with Gasteiger partial charge in [0.2, 0.25) is 0 Å². The number of esters is 1. The summed E-state index contributed by atoms with van der Waals surface area (Å²) in [5, 5.41) is 5.29. The van der Waals surface area contributed by atoms with Crippen LogP contribution in [0.15, 0.2) is 59.4 Å². The van der Waals surface area contributed by atoms with Crippen molar-refractivity contribution in [2.24, 2.45) is 7.05 Å². The summed E-state index contributed by atoms with van der Waals surface area (Å²) in [5.41, 5.74) is 1.22. The van der Waals surface area contributed by atoms with Crippen molar-refractivity contribution < 1.29 is 14.3 Å². The number of rotatable bonds is 7. The summed E-state index contributed by atoms with van der Waals surface area (Å²) in [6.07, 6.45) is -0.123. The lowest BCUT2D eigenvalue weighted by atomic mass is 10.1. The summed E-state index contributed by atoms with van der Waals surface area (Å²) in [5.74, 6) is -0.830. The van der Waals surface area contributed by atoms with E-state index in [1.165, 1.54) is 11.7 Å². The fourth-order valence-corrected chi connectivity index (χ4v) is 3.26. The first-order chi connectivity index (χ1) is 14.4. The first-order valence-corrected chi connectivity index (χ1v) is 9.80. The minimum Gasteiger partial charge on any atom is -0.455 e. The van der Waals surface area contributed by atoms with Crippen molar-refractivity contribution in [2.45, 2.75) is 32.9 Å². The van der Waals surface area contributed by atoms with Crippen LogP contribution >= 0.6 is 0 Å². The molecular weight excluding hydrogens is 382 g/mol. The highest BCUT2D eigenvalue weighted by Crippen LogP contribution is 2.14. The topological polar surface area (TPSA) is 81.5 Å². The lowest BCUT2D eigenvalue weighted by Crippen LogP contribution is -2.39. The Bertz CT molecular complexity index is 1110. The molecule has 1 amide bonds. The van der Waals surface area contributed by atoms with E-state index in [0.717, 1.165) is 5.56 Å². The maximum Gasteiger partial charge on any atom is 0.312 e. The van der Waals surface area contributed by atoms with Crippen LogP contribution in [0.5, 0.6) is 0 Å². The first-order valence-electron chi connectivity index (χ1n) is 9.80. The van der Waals surface area contributed by atoms with Crippen molar-refractivity contribution >= 4 is 22.6 Å². The summed E-state index contributed by atoms with van der Waals surface area (Å²) in [6.45, 7) is 3.95. The molecule has 0 aliphatic heterocycles. The molecule has 0 saturated carbocycles. The zero-order valence-corrected chi connectivity index (χ0v) is 17.4. The number of carbonyl (C=O) groups is 2. The van der Waals surface area contributed by atoms with Gasteiger partial charge >= 0.3 is 5.97 Å². The number of benzene rings is 2. The molecule has 0 radical (unpaired) electrons. The predicted octanol–water partition coefficient (Wildman–Crippen LogP) is 2.46. The third-order valence-electron chi connectivity index (χ3n) is 4.84. The second-order valence-corrected chi connectivity index (χ2v) is 7.36. The van der Waals surface area contributed by atoms with Crippen LogP contribution in [-0.2, 0) is 34.3 Å². The highest BCUT2D eigenvalue weighted by Gasteiger charge is 2.20. The van der Waals surface area contributed by atoms with Crippen LogP contribution in [0.4, 0.5) is 0 Å². The number of fused-ring (bicyclic) bond motifs is 1. The summed E-state index contributed by atoms with van der Waals surface area (Å²) < 4.78 is 6.44. The Hall–Kier alpha value is -3.48. The number of hydrogen-bond donors (Lipinski definition) is 0. The van der Waals surface area contributed by atoms with E-state index in [1.807, 2.05) is 44.2 Å². The van der Waals surface area contributed by atoms with Gasteiger partial charge in [-0.3, -0.25) is 14.4 Å². The molecule has 1 heterocycles. The molecule has 2 aromatic carbocycles. The monoisotopic (exact) mass is 407 g/mol. The number of aromatic nitrogens is 2. The fraction of sp³-hybridized carbons (Fsp3) is 0.304. The van der Waals surface area contributed by atoms with Gasteiger partial charge in [0.25, 0.3) is 11.5 Å². The Morgan fingerprint density at radius 3 is 2.33 bits per heavy atom. The Kier molecular flexibility index (Phi) is 6.61. The molecule has 7 nitrogen and oxygen atoms in total. The van der Waals surface area contributed by atoms with Gasteiger partial charge < -0.3 is 9.64 Å². The third-order valence-corrected chi connectivity index (χ3v) is 4.84. The standard InChI is InChI=1S/C23H25N3O4/c1-16(2)26(14-17-9-5-4-6-10-17)21(27)15-30-22(28)13-20-18-11-7-8-12-19(18)23(29)25(3)24-20/h4-12,16H,13-15H2,1-3H3. The van der Waals surface area contributed by atoms with Gasteiger partial charge in [-0.2, -0.15) is 5.10 Å². The van der Waals surface area contributed by atoms with Crippen molar-refractivity contribution in [2.75, 3.05) is 6.61 Å². The van der Waals surface area contributed by atoms with E-state index < -0.39 is 5.97 Å². The van der Waals surface area contributed by atoms with Crippen molar-refractivity contribution in [1.29, 1.82) is 0 Å². The van der Waals surface area contributed by atoms with Crippen LogP contribution in [0.25, 0.3) is 10.8 Å². The molecular formula is C23H25N3O4. The maximum atomic E-state index is 12.6. The molecule has 0 spiro atoms. The molecule has 0 unspecified atom stereocenters. The lowest BCUT2D eigenvalue weighted by molar-refractivity contribution is -0.152. The second kappa shape index (κ2) is 9.35. The van der Waals surface area contributed by atoms with E-state index >= 15 is 0 Å². The Balaban J connectivity index is 1.67. The van der Waals surface area contributed by atoms with Gasteiger partial charge in [0.1, 0.15) is 0 Å². The molecule has 156 valence electrons. The summed E-state index contributed by atoms with van der Waals surface area (Å²) in [7, 11) is 1.54. The summed E-state index contributed by atoms with van der Waals surface area (Å²) >= 11 is 0. The van der Waals surface area contributed by atoms with Crippen molar-refractivity contribution in [3.63, 3.8) is 0 Å². The zero-order chi connectivity index (χ0) is 21.7. The van der Waals surface area contributed by atoms with Gasteiger partial charge in [-0.05, 0) is 25.5 Å². The normalized spacial score (nSPS) is 10.9. The van der Waals surface area contributed by atoms with Crippen molar-refractivity contribution in [1.82, 2.24) is 14.7 Å². The van der Waals surface area contributed by atoms with Gasteiger partial charge in [-0.15, -0.1) is 0 Å². The number of carbonyl (C=O) groups excluding carboxylic acids is 2. The largest absolute Gasteiger partial charge is 0.455 e. The van der Waals surface area contributed by atoms with Gasteiger partial charge in [-0.1, -0.05) is 48.5 Å². The number of ether oxygens (including phenoxy) is 1. The third kappa shape index (κ3) is 4.92. The number of amides is 1. The van der Waals surface area contributed by atoms with Gasteiger partial charge in [0, 0.05) is 25.0 Å². The van der Waals surface area contributed by atoms with E-state index in [9.17, 15) is 14.4 Å². The van der Waals surface area contributed by atoms with E-state index in [-0.39, 0.29) is 30.5 Å². The lowest BCUT2D eigenvalue weighted by Gasteiger charge is -2.26. The molecule has 7 heteroatoms. The molecule has 30 heavy (non-hydrogen) atoms. The van der Waals surface area contributed by atoms with Crippen LogP contribution in [0.1, 0.15) is 25.1 Å². The SMILES string of the molecule is CC(C)N(Cc1ccccc1)C(=O)COC(=O)Cc1nn(C)c(=O)c2ccccc12. The van der Waals surface area contributed by atoms with E-state index in [1.54, 1.807) is 29.2 Å². The summed E-state index contributed by atoms with van der Waals surface area (Å²) in [4.78, 5) is 38.9. The molecule has 0 fully saturated rings. The smallest absolute Gasteiger partial charge is 0.312 e. The molecule has 1 aromatic heterocycles. The molecule has 0 bridgehead atoms. The van der Waals surface area contributed by atoms with Crippen LogP contribution in [-0.4, -0.2) is 39.2 Å². The van der Waals surface area contributed by atoms with Crippen LogP contribution in [0.2, 0.25) is 0 Å². The Morgan fingerprint density at radius 1 is 1.03 bits per heavy atom. The predicted molar refractivity (Wildman–Crippen MR) is 114 cm³/mol. The zero-order valence-electron chi connectivity index (χ0n) is 17.4. The molecule has 0 saturated heterocycles. The van der Waals surface area contributed by atoms with E-state index in [4.69, 9.17) is 4.74 Å². The van der Waals surface area contributed by atoms with Gasteiger partial charge in [0.05, 0.1) is 17.5 Å². The molecule has 0 N–H and O–H groups in total. The molecule has 0 atom stereocenters. The van der Waals surface area contributed by atoms with Gasteiger partial charge in [0.15, 0.2) is 6.61 Å². The van der Waals surface area contributed by atoms with Crippen molar-refractivity contribution in [3.05, 3.63) is 76.2 Å².